The summed E-state index contributed by atoms with van der Waals surface area (Å²) in [6.07, 6.45) is 1.73. The van der Waals surface area contributed by atoms with Gasteiger partial charge in [-0.2, -0.15) is 0 Å². The fourth-order valence-corrected chi connectivity index (χ4v) is 3.41. The summed E-state index contributed by atoms with van der Waals surface area (Å²) in [5.41, 5.74) is 1.51. The number of carbonyl (C=O) groups is 2. The number of likely N-dealkylation sites (tertiary alicyclic amines) is 1. The number of nitrogens with zero attached hydrogens (tertiary/aromatic N) is 1. The number of anilines is 2. The average molecular weight is 386 g/mol. The molecule has 1 heterocycles. The predicted octanol–water partition coefficient (Wildman–Crippen LogP) is 4.02. The third-order valence-corrected chi connectivity index (χ3v) is 5.16. The van der Waals surface area contributed by atoms with Crippen LogP contribution in [0, 0.1) is 5.92 Å². The Hall–Kier alpha value is -2.37. The van der Waals surface area contributed by atoms with Gasteiger partial charge in [0.05, 0.1) is 12.0 Å². The van der Waals surface area contributed by atoms with Crippen molar-refractivity contribution < 1.29 is 9.59 Å². The van der Waals surface area contributed by atoms with E-state index in [0.29, 0.717) is 17.3 Å². The molecule has 27 heavy (non-hydrogen) atoms. The van der Waals surface area contributed by atoms with Crippen LogP contribution in [0.3, 0.4) is 0 Å². The molecule has 5 nitrogen and oxygen atoms in total. The molecule has 6 heteroatoms. The quantitative estimate of drug-likeness (QED) is 0.817. The van der Waals surface area contributed by atoms with Crippen LogP contribution in [0.5, 0.6) is 0 Å². The molecule has 142 valence electrons. The summed E-state index contributed by atoms with van der Waals surface area (Å²) < 4.78 is 0. The Morgan fingerprint density at radius 1 is 1.04 bits per heavy atom. The van der Waals surface area contributed by atoms with Gasteiger partial charge in [-0.1, -0.05) is 29.8 Å². The molecule has 0 saturated carbocycles. The van der Waals surface area contributed by atoms with Crippen LogP contribution in [0.4, 0.5) is 11.4 Å². The summed E-state index contributed by atoms with van der Waals surface area (Å²) in [6, 6.07) is 16.2. The van der Waals surface area contributed by atoms with Crippen LogP contribution in [-0.2, 0) is 9.59 Å². The van der Waals surface area contributed by atoms with Gasteiger partial charge in [0.25, 0.3) is 0 Å². The minimum absolute atomic E-state index is 0.0104. The minimum atomic E-state index is -0.312. The van der Waals surface area contributed by atoms with E-state index >= 15 is 0 Å². The maximum Gasteiger partial charge on any atom is 0.241 e. The molecule has 3 rings (SSSR count). The Bertz CT molecular complexity index is 780. The predicted molar refractivity (Wildman–Crippen MR) is 109 cm³/mol. The van der Waals surface area contributed by atoms with Gasteiger partial charge in [-0.3, -0.25) is 14.5 Å². The van der Waals surface area contributed by atoms with Crippen LogP contribution in [0.15, 0.2) is 54.6 Å². The number of halogens is 1. The van der Waals surface area contributed by atoms with Crippen molar-refractivity contribution in [3.63, 3.8) is 0 Å². The molecule has 0 bridgehead atoms. The topological polar surface area (TPSA) is 61.4 Å². The van der Waals surface area contributed by atoms with Crippen molar-refractivity contribution in [1.82, 2.24) is 4.90 Å². The standard InChI is InChI=1S/C21H24ClN3O2/c1-15(20(26)23-19-11-9-17(22)10-12-19)25-13-5-6-16(14-25)21(27)24-18-7-3-2-4-8-18/h2-4,7-12,15-16H,5-6,13-14H2,1H3,(H,23,26)(H,24,27)/t15-,16-/m0/s1. The fourth-order valence-electron chi connectivity index (χ4n) is 3.28. The van der Waals surface area contributed by atoms with E-state index in [-0.39, 0.29) is 23.8 Å². The van der Waals surface area contributed by atoms with E-state index in [1.165, 1.54) is 0 Å². The molecule has 1 saturated heterocycles. The average Bonchev–Trinajstić information content (AvgIpc) is 2.70. The second kappa shape index (κ2) is 9.02. The van der Waals surface area contributed by atoms with E-state index in [2.05, 4.69) is 15.5 Å². The van der Waals surface area contributed by atoms with Crippen LogP contribution < -0.4 is 10.6 Å². The Morgan fingerprint density at radius 3 is 2.41 bits per heavy atom. The van der Waals surface area contributed by atoms with Gasteiger partial charge in [-0.25, -0.2) is 0 Å². The monoisotopic (exact) mass is 385 g/mol. The van der Waals surface area contributed by atoms with E-state index < -0.39 is 0 Å². The molecule has 0 unspecified atom stereocenters. The van der Waals surface area contributed by atoms with Gasteiger partial charge in [-0.05, 0) is 62.7 Å². The normalized spacial score (nSPS) is 18.5. The fraction of sp³-hybridized carbons (Fsp3) is 0.333. The Balaban J connectivity index is 1.57. The summed E-state index contributed by atoms with van der Waals surface area (Å²) in [5.74, 6) is -0.192. The van der Waals surface area contributed by atoms with Gasteiger partial charge in [-0.15, -0.1) is 0 Å². The Kier molecular flexibility index (Phi) is 6.48. The lowest BCUT2D eigenvalue weighted by atomic mass is 9.95. The van der Waals surface area contributed by atoms with Gasteiger partial charge in [0, 0.05) is 22.9 Å². The van der Waals surface area contributed by atoms with E-state index in [9.17, 15) is 9.59 Å². The summed E-state index contributed by atoms with van der Waals surface area (Å²) in [7, 11) is 0. The van der Waals surface area contributed by atoms with Crippen molar-refractivity contribution in [1.29, 1.82) is 0 Å². The molecule has 0 radical (unpaired) electrons. The summed E-state index contributed by atoms with van der Waals surface area (Å²) in [6.45, 7) is 3.26. The van der Waals surface area contributed by atoms with E-state index in [4.69, 9.17) is 11.6 Å². The lowest BCUT2D eigenvalue weighted by Crippen LogP contribution is -2.49. The number of carbonyl (C=O) groups excluding carboxylic acids is 2. The molecule has 2 aromatic rings. The third-order valence-electron chi connectivity index (χ3n) is 4.90. The molecular weight excluding hydrogens is 362 g/mol. The minimum Gasteiger partial charge on any atom is -0.326 e. The van der Waals surface area contributed by atoms with Crippen LogP contribution >= 0.6 is 11.6 Å². The van der Waals surface area contributed by atoms with Crippen molar-refractivity contribution in [2.24, 2.45) is 5.92 Å². The summed E-state index contributed by atoms with van der Waals surface area (Å²) >= 11 is 5.88. The van der Waals surface area contributed by atoms with E-state index in [0.717, 1.165) is 25.1 Å². The third kappa shape index (κ3) is 5.31. The maximum atomic E-state index is 12.6. The van der Waals surface area contributed by atoms with Crippen LogP contribution in [0.25, 0.3) is 0 Å². The molecule has 1 aliphatic heterocycles. The van der Waals surface area contributed by atoms with Crippen molar-refractivity contribution in [2.75, 3.05) is 23.7 Å². The van der Waals surface area contributed by atoms with Crippen LogP contribution in [0.1, 0.15) is 19.8 Å². The van der Waals surface area contributed by atoms with E-state index in [1.54, 1.807) is 24.3 Å². The number of rotatable bonds is 5. The van der Waals surface area contributed by atoms with Gasteiger partial charge < -0.3 is 10.6 Å². The SMILES string of the molecule is C[C@@H](C(=O)Nc1ccc(Cl)cc1)N1CCC[C@H](C(=O)Nc2ccccc2)C1. The van der Waals surface area contributed by atoms with Crippen LogP contribution in [-0.4, -0.2) is 35.8 Å². The van der Waals surface area contributed by atoms with Crippen molar-refractivity contribution in [2.45, 2.75) is 25.8 Å². The number of hydrogen-bond donors (Lipinski definition) is 2. The molecule has 1 aliphatic rings. The van der Waals surface area contributed by atoms with Crippen molar-refractivity contribution >= 4 is 34.8 Å². The molecule has 2 N–H and O–H groups in total. The lowest BCUT2D eigenvalue weighted by Gasteiger charge is -2.35. The molecule has 0 spiro atoms. The van der Waals surface area contributed by atoms with Gasteiger partial charge >= 0.3 is 0 Å². The molecule has 0 aliphatic carbocycles. The molecule has 2 aromatic carbocycles. The largest absolute Gasteiger partial charge is 0.326 e. The first-order valence-electron chi connectivity index (χ1n) is 9.19. The number of piperidine rings is 1. The first-order chi connectivity index (χ1) is 13.0. The molecule has 0 aromatic heterocycles. The summed E-state index contributed by atoms with van der Waals surface area (Å²) in [4.78, 5) is 27.2. The maximum absolute atomic E-state index is 12.6. The zero-order chi connectivity index (χ0) is 19.2. The highest BCUT2D eigenvalue weighted by atomic mass is 35.5. The lowest BCUT2D eigenvalue weighted by molar-refractivity contribution is -0.125. The molecule has 1 fully saturated rings. The number of benzene rings is 2. The zero-order valence-corrected chi connectivity index (χ0v) is 16.1. The molecule has 2 atom stereocenters. The highest BCUT2D eigenvalue weighted by Gasteiger charge is 2.30. The highest BCUT2D eigenvalue weighted by Crippen LogP contribution is 2.21. The molecular formula is C21H24ClN3O2. The number of amides is 2. The summed E-state index contributed by atoms with van der Waals surface area (Å²) in [5, 5.41) is 6.51. The second-order valence-corrected chi connectivity index (χ2v) is 7.30. The number of hydrogen-bond acceptors (Lipinski definition) is 3. The van der Waals surface area contributed by atoms with Gasteiger partial charge in [0.15, 0.2) is 0 Å². The highest BCUT2D eigenvalue weighted by molar-refractivity contribution is 6.30. The first kappa shape index (κ1) is 19.4. The first-order valence-corrected chi connectivity index (χ1v) is 9.57. The van der Waals surface area contributed by atoms with E-state index in [1.807, 2.05) is 37.3 Å². The van der Waals surface area contributed by atoms with Crippen molar-refractivity contribution in [3.8, 4) is 0 Å². The Morgan fingerprint density at radius 2 is 1.70 bits per heavy atom. The smallest absolute Gasteiger partial charge is 0.241 e. The second-order valence-electron chi connectivity index (χ2n) is 6.86. The van der Waals surface area contributed by atoms with Gasteiger partial charge in [0.1, 0.15) is 0 Å². The number of para-hydroxylation sites is 1. The Labute approximate surface area is 164 Å². The number of nitrogens with one attached hydrogen (secondary N) is 2. The molecule has 2 amide bonds. The van der Waals surface area contributed by atoms with Crippen molar-refractivity contribution in [3.05, 3.63) is 59.6 Å². The van der Waals surface area contributed by atoms with Gasteiger partial charge in [0.2, 0.25) is 11.8 Å². The van der Waals surface area contributed by atoms with Crippen LogP contribution in [0.2, 0.25) is 5.02 Å². The zero-order valence-electron chi connectivity index (χ0n) is 15.3.